The summed E-state index contributed by atoms with van der Waals surface area (Å²) in [6, 6.07) is 14.8. The zero-order valence-electron chi connectivity index (χ0n) is 13.8. The third kappa shape index (κ3) is 3.82. The molecular formula is C20H22N2O2. The number of carbonyl (C=O) groups excluding carboxylic acids is 2. The summed E-state index contributed by atoms with van der Waals surface area (Å²) >= 11 is 0. The molecule has 2 aromatic carbocycles. The van der Waals surface area contributed by atoms with Crippen molar-refractivity contribution in [2.24, 2.45) is 0 Å². The van der Waals surface area contributed by atoms with Crippen molar-refractivity contribution in [2.45, 2.75) is 38.6 Å². The number of amides is 2. The summed E-state index contributed by atoms with van der Waals surface area (Å²) in [7, 11) is 0. The van der Waals surface area contributed by atoms with E-state index in [1.54, 1.807) is 18.2 Å². The Morgan fingerprint density at radius 1 is 0.958 bits per heavy atom. The molecule has 1 aliphatic rings. The zero-order chi connectivity index (χ0) is 16.9. The van der Waals surface area contributed by atoms with Gasteiger partial charge < -0.3 is 10.6 Å². The summed E-state index contributed by atoms with van der Waals surface area (Å²) in [6.45, 7) is 1.94. The third-order valence-corrected chi connectivity index (χ3v) is 4.39. The molecule has 4 nitrogen and oxygen atoms in total. The molecule has 1 saturated carbocycles. The first-order valence-electron chi connectivity index (χ1n) is 8.41. The predicted molar refractivity (Wildman–Crippen MR) is 95.3 cm³/mol. The lowest BCUT2D eigenvalue weighted by molar-refractivity contribution is 0.0939. The van der Waals surface area contributed by atoms with Gasteiger partial charge in [0.1, 0.15) is 0 Å². The van der Waals surface area contributed by atoms with Gasteiger partial charge in [0.15, 0.2) is 0 Å². The molecule has 0 heterocycles. The zero-order valence-corrected chi connectivity index (χ0v) is 13.8. The van der Waals surface area contributed by atoms with Crippen LogP contribution in [0.5, 0.6) is 0 Å². The minimum absolute atomic E-state index is 0.123. The molecule has 0 bridgehead atoms. The summed E-state index contributed by atoms with van der Waals surface area (Å²) in [5.41, 5.74) is 2.65. The minimum atomic E-state index is -0.209. The number of anilines is 1. The van der Waals surface area contributed by atoms with Crippen molar-refractivity contribution in [3.63, 3.8) is 0 Å². The molecule has 3 rings (SSSR count). The Balaban J connectivity index is 1.76. The Kier molecular flexibility index (Phi) is 4.94. The molecule has 0 aromatic heterocycles. The van der Waals surface area contributed by atoms with E-state index in [2.05, 4.69) is 10.6 Å². The van der Waals surface area contributed by atoms with E-state index in [1.165, 1.54) is 0 Å². The summed E-state index contributed by atoms with van der Waals surface area (Å²) in [5.74, 6) is -0.332. The average molecular weight is 322 g/mol. The fourth-order valence-corrected chi connectivity index (χ4v) is 3.10. The van der Waals surface area contributed by atoms with Crippen LogP contribution in [0.25, 0.3) is 0 Å². The predicted octanol–water partition coefficient (Wildman–Crippen LogP) is 3.92. The van der Waals surface area contributed by atoms with Crippen LogP contribution in [-0.4, -0.2) is 17.9 Å². The number of benzene rings is 2. The molecule has 1 aliphatic carbocycles. The number of aryl methyl sites for hydroxylation is 1. The SMILES string of the molecule is Cc1cccc(C(=O)Nc2ccccc2C(=O)NC2CCCC2)c1. The van der Waals surface area contributed by atoms with Gasteiger partial charge in [-0.1, -0.05) is 42.7 Å². The molecule has 0 radical (unpaired) electrons. The first-order chi connectivity index (χ1) is 11.6. The average Bonchev–Trinajstić information content (AvgIpc) is 3.08. The molecule has 0 atom stereocenters. The van der Waals surface area contributed by atoms with Crippen LogP contribution in [0.15, 0.2) is 48.5 Å². The van der Waals surface area contributed by atoms with Crippen LogP contribution >= 0.6 is 0 Å². The number of hydrogen-bond acceptors (Lipinski definition) is 2. The molecular weight excluding hydrogens is 300 g/mol. The molecule has 2 N–H and O–H groups in total. The van der Waals surface area contributed by atoms with Crippen LogP contribution in [0, 0.1) is 6.92 Å². The van der Waals surface area contributed by atoms with Crippen molar-refractivity contribution >= 4 is 17.5 Å². The Labute approximate surface area is 142 Å². The lowest BCUT2D eigenvalue weighted by Crippen LogP contribution is -2.33. The smallest absolute Gasteiger partial charge is 0.255 e. The van der Waals surface area contributed by atoms with Gasteiger partial charge in [0.25, 0.3) is 11.8 Å². The fraction of sp³-hybridized carbons (Fsp3) is 0.300. The maximum Gasteiger partial charge on any atom is 0.255 e. The lowest BCUT2D eigenvalue weighted by Gasteiger charge is -2.15. The molecule has 4 heteroatoms. The molecule has 0 saturated heterocycles. The second-order valence-electron chi connectivity index (χ2n) is 6.32. The van der Waals surface area contributed by atoms with E-state index in [9.17, 15) is 9.59 Å². The van der Waals surface area contributed by atoms with Gasteiger partial charge in [0.2, 0.25) is 0 Å². The second-order valence-corrected chi connectivity index (χ2v) is 6.32. The quantitative estimate of drug-likeness (QED) is 0.896. The number of nitrogens with one attached hydrogen (secondary N) is 2. The number of rotatable bonds is 4. The van der Waals surface area contributed by atoms with Gasteiger partial charge in [-0.05, 0) is 44.0 Å². The maximum atomic E-state index is 12.5. The molecule has 24 heavy (non-hydrogen) atoms. The van der Waals surface area contributed by atoms with Gasteiger partial charge in [-0.15, -0.1) is 0 Å². The first kappa shape index (κ1) is 16.2. The van der Waals surface area contributed by atoms with E-state index in [0.29, 0.717) is 16.8 Å². The van der Waals surface area contributed by atoms with Crippen molar-refractivity contribution in [3.8, 4) is 0 Å². The highest BCUT2D eigenvalue weighted by molar-refractivity contribution is 6.09. The maximum absolute atomic E-state index is 12.5. The number of para-hydroxylation sites is 1. The molecule has 2 amide bonds. The van der Waals surface area contributed by atoms with Gasteiger partial charge in [0, 0.05) is 11.6 Å². The largest absolute Gasteiger partial charge is 0.349 e. The van der Waals surface area contributed by atoms with E-state index in [1.807, 2.05) is 37.3 Å². The highest BCUT2D eigenvalue weighted by Gasteiger charge is 2.20. The topological polar surface area (TPSA) is 58.2 Å². The van der Waals surface area contributed by atoms with Crippen molar-refractivity contribution in [1.82, 2.24) is 5.32 Å². The van der Waals surface area contributed by atoms with E-state index in [4.69, 9.17) is 0 Å². The minimum Gasteiger partial charge on any atom is -0.349 e. The van der Waals surface area contributed by atoms with Gasteiger partial charge in [-0.25, -0.2) is 0 Å². The summed E-state index contributed by atoms with van der Waals surface area (Å²) in [6.07, 6.45) is 4.39. The Morgan fingerprint density at radius 3 is 2.46 bits per heavy atom. The van der Waals surface area contributed by atoms with Gasteiger partial charge >= 0.3 is 0 Å². The molecule has 0 aliphatic heterocycles. The van der Waals surface area contributed by atoms with E-state index >= 15 is 0 Å². The van der Waals surface area contributed by atoms with Gasteiger partial charge in [-0.3, -0.25) is 9.59 Å². The standard InChI is InChI=1S/C20H22N2O2/c1-14-7-6-8-15(13-14)19(23)22-18-12-5-4-11-17(18)20(24)21-16-9-2-3-10-16/h4-8,11-13,16H,2-3,9-10H2,1H3,(H,21,24)(H,22,23). The van der Waals surface area contributed by atoms with Gasteiger partial charge in [0.05, 0.1) is 11.3 Å². The molecule has 0 unspecified atom stereocenters. The normalized spacial score (nSPS) is 14.4. The second kappa shape index (κ2) is 7.30. The Hall–Kier alpha value is -2.62. The van der Waals surface area contributed by atoms with E-state index in [-0.39, 0.29) is 17.9 Å². The van der Waals surface area contributed by atoms with Crippen molar-refractivity contribution in [3.05, 3.63) is 65.2 Å². The van der Waals surface area contributed by atoms with Crippen molar-refractivity contribution in [1.29, 1.82) is 0 Å². The molecule has 124 valence electrons. The number of hydrogen-bond donors (Lipinski definition) is 2. The third-order valence-electron chi connectivity index (χ3n) is 4.39. The Bertz CT molecular complexity index is 749. The van der Waals surface area contributed by atoms with Crippen LogP contribution in [0.3, 0.4) is 0 Å². The van der Waals surface area contributed by atoms with Crippen LogP contribution in [0.1, 0.15) is 52.0 Å². The molecule has 2 aromatic rings. The first-order valence-corrected chi connectivity index (χ1v) is 8.41. The van der Waals surface area contributed by atoms with E-state index < -0.39 is 0 Å². The summed E-state index contributed by atoms with van der Waals surface area (Å²) in [4.78, 5) is 25.0. The van der Waals surface area contributed by atoms with Crippen molar-refractivity contribution < 1.29 is 9.59 Å². The van der Waals surface area contributed by atoms with Crippen LogP contribution in [-0.2, 0) is 0 Å². The molecule has 1 fully saturated rings. The van der Waals surface area contributed by atoms with Gasteiger partial charge in [-0.2, -0.15) is 0 Å². The Morgan fingerprint density at radius 2 is 1.71 bits per heavy atom. The van der Waals surface area contributed by atoms with Crippen molar-refractivity contribution in [2.75, 3.05) is 5.32 Å². The summed E-state index contributed by atoms with van der Waals surface area (Å²) in [5, 5.41) is 5.93. The molecule has 0 spiro atoms. The fourth-order valence-electron chi connectivity index (χ4n) is 3.10. The highest BCUT2D eigenvalue weighted by atomic mass is 16.2. The van der Waals surface area contributed by atoms with E-state index in [0.717, 1.165) is 31.2 Å². The van der Waals surface area contributed by atoms with Crippen LogP contribution in [0.4, 0.5) is 5.69 Å². The van der Waals surface area contributed by atoms with Crippen LogP contribution < -0.4 is 10.6 Å². The highest BCUT2D eigenvalue weighted by Crippen LogP contribution is 2.21. The monoisotopic (exact) mass is 322 g/mol. The lowest BCUT2D eigenvalue weighted by atomic mass is 10.1. The summed E-state index contributed by atoms with van der Waals surface area (Å²) < 4.78 is 0. The van der Waals surface area contributed by atoms with Crippen LogP contribution in [0.2, 0.25) is 0 Å². The number of carbonyl (C=O) groups is 2.